The smallest absolute Gasteiger partial charge is 0.254 e. The van der Waals surface area contributed by atoms with Crippen molar-refractivity contribution in [2.75, 3.05) is 6.54 Å². The van der Waals surface area contributed by atoms with Crippen LogP contribution < -0.4 is 5.48 Å². The van der Waals surface area contributed by atoms with Gasteiger partial charge in [0.1, 0.15) is 5.52 Å². The summed E-state index contributed by atoms with van der Waals surface area (Å²) < 4.78 is 1.85. The van der Waals surface area contributed by atoms with E-state index in [0.717, 1.165) is 45.3 Å². The number of rotatable bonds is 6. The highest BCUT2D eigenvalue weighted by Gasteiger charge is 2.26. The second-order valence-electron chi connectivity index (χ2n) is 10.1. The Kier molecular flexibility index (Phi) is 6.99. The fourth-order valence-electron chi connectivity index (χ4n) is 5.46. The Hall–Kier alpha value is -4.04. The van der Waals surface area contributed by atoms with Crippen molar-refractivity contribution in [3.8, 4) is 0 Å². The van der Waals surface area contributed by atoms with Gasteiger partial charge >= 0.3 is 0 Å². The minimum absolute atomic E-state index is 0.0284. The molecule has 0 unspecified atom stereocenters. The van der Waals surface area contributed by atoms with E-state index in [2.05, 4.69) is 28.5 Å². The van der Waals surface area contributed by atoms with E-state index in [-0.39, 0.29) is 18.2 Å². The predicted molar refractivity (Wildman–Crippen MR) is 145 cm³/mol. The standard InChI is InChI=1S/C30H33N5O3/c1-5-35-27-11-10-25(20(4)29(27)31-33-35)26(16-28(36)32-38)22-9-8-21-12-13-34(17-24(21)15-22)30(37)23-7-6-18(2)19(3)14-23/h6-11,14-15,26,38H,5,12-13,16-17H2,1-4H3,(H,32,36)/t26-/m0/s1. The number of carbonyl (C=O) groups is 2. The lowest BCUT2D eigenvalue weighted by atomic mass is 9.83. The van der Waals surface area contributed by atoms with Crippen molar-refractivity contribution in [2.45, 2.75) is 59.5 Å². The van der Waals surface area contributed by atoms with Crippen LogP contribution in [0.5, 0.6) is 0 Å². The highest BCUT2D eigenvalue weighted by molar-refractivity contribution is 5.94. The summed E-state index contributed by atoms with van der Waals surface area (Å²) in [6.07, 6.45) is 0.855. The molecule has 0 aliphatic carbocycles. The van der Waals surface area contributed by atoms with Crippen molar-refractivity contribution >= 4 is 22.8 Å². The number of aryl methyl sites for hydroxylation is 4. The SMILES string of the molecule is CCn1nnc2c(C)c([C@@H](CC(=O)NO)c3ccc4c(c3)CN(C(=O)c3ccc(C)c(C)c3)CC4)ccc21. The molecule has 1 aromatic heterocycles. The van der Waals surface area contributed by atoms with Crippen LogP contribution in [0.25, 0.3) is 11.0 Å². The number of amides is 2. The highest BCUT2D eigenvalue weighted by Crippen LogP contribution is 2.35. The Labute approximate surface area is 222 Å². The second kappa shape index (κ2) is 10.4. The molecule has 38 heavy (non-hydrogen) atoms. The molecule has 1 aliphatic heterocycles. The van der Waals surface area contributed by atoms with Gasteiger partial charge in [0.05, 0.1) is 5.52 Å². The quantitative estimate of drug-likeness (QED) is 0.291. The minimum atomic E-state index is -0.462. The lowest BCUT2D eigenvalue weighted by Gasteiger charge is -2.30. The molecule has 1 atom stereocenters. The first-order valence-electron chi connectivity index (χ1n) is 13.0. The third-order valence-electron chi connectivity index (χ3n) is 7.86. The Morgan fingerprint density at radius 3 is 2.58 bits per heavy atom. The first-order valence-corrected chi connectivity index (χ1v) is 13.0. The summed E-state index contributed by atoms with van der Waals surface area (Å²) in [6, 6.07) is 16.1. The van der Waals surface area contributed by atoms with Crippen LogP contribution in [-0.2, 0) is 24.3 Å². The maximum atomic E-state index is 13.3. The lowest BCUT2D eigenvalue weighted by Crippen LogP contribution is -2.36. The van der Waals surface area contributed by atoms with Crippen molar-refractivity contribution < 1.29 is 14.8 Å². The lowest BCUT2D eigenvalue weighted by molar-refractivity contribution is -0.129. The maximum Gasteiger partial charge on any atom is 0.254 e. The molecule has 196 valence electrons. The van der Waals surface area contributed by atoms with E-state index < -0.39 is 5.91 Å². The van der Waals surface area contributed by atoms with Crippen molar-refractivity contribution in [2.24, 2.45) is 0 Å². The number of nitrogens with one attached hydrogen (secondary N) is 1. The minimum Gasteiger partial charge on any atom is -0.334 e. The van der Waals surface area contributed by atoms with E-state index in [1.165, 1.54) is 11.1 Å². The predicted octanol–water partition coefficient (Wildman–Crippen LogP) is 4.60. The molecule has 5 rings (SSSR count). The molecule has 0 bridgehead atoms. The fourth-order valence-corrected chi connectivity index (χ4v) is 5.46. The third kappa shape index (κ3) is 4.67. The second-order valence-corrected chi connectivity index (χ2v) is 10.1. The van der Waals surface area contributed by atoms with E-state index in [9.17, 15) is 14.8 Å². The summed E-state index contributed by atoms with van der Waals surface area (Å²) in [4.78, 5) is 27.6. The van der Waals surface area contributed by atoms with Gasteiger partial charge in [-0.1, -0.05) is 35.5 Å². The molecule has 0 spiro atoms. The van der Waals surface area contributed by atoms with E-state index in [0.29, 0.717) is 25.2 Å². The average Bonchev–Trinajstić information content (AvgIpc) is 3.36. The molecule has 4 aromatic rings. The first kappa shape index (κ1) is 25.6. The maximum absolute atomic E-state index is 13.3. The molecule has 0 fully saturated rings. The van der Waals surface area contributed by atoms with E-state index in [4.69, 9.17) is 0 Å². The summed E-state index contributed by atoms with van der Waals surface area (Å²) in [7, 11) is 0. The van der Waals surface area contributed by atoms with E-state index in [1.807, 2.05) is 67.6 Å². The van der Waals surface area contributed by atoms with Crippen molar-refractivity contribution in [3.05, 3.63) is 93.0 Å². The largest absolute Gasteiger partial charge is 0.334 e. The molecule has 8 nitrogen and oxygen atoms in total. The van der Waals surface area contributed by atoms with Crippen LogP contribution in [0.3, 0.4) is 0 Å². The molecule has 1 aliphatic rings. The number of benzene rings is 3. The number of hydrogen-bond donors (Lipinski definition) is 2. The molecular formula is C30H33N5O3. The van der Waals surface area contributed by atoms with Crippen LogP contribution in [0.1, 0.15) is 68.6 Å². The zero-order valence-corrected chi connectivity index (χ0v) is 22.3. The summed E-state index contributed by atoms with van der Waals surface area (Å²) in [5, 5.41) is 18.0. The first-order chi connectivity index (χ1) is 18.3. The van der Waals surface area contributed by atoms with Gasteiger partial charge in [-0.15, -0.1) is 5.10 Å². The summed E-state index contributed by atoms with van der Waals surface area (Å²) in [5.74, 6) is -0.730. The Morgan fingerprint density at radius 2 is 1.84 bits per heavy atom. The van der Waals surface area contributed by atoms with Gasteiger partial charge in [-0.2, -0.15) is 0 Å². The number of carbonyl (C=O) groups excluding carboxylic acids is 2. The van der Waals surface area contributed by atoms with Crippen LogP contribution >= 0.6 is 0 Å². The summed E-state index contributed by atoms with van der Waals surface area (Å²) in [5.41, 5.74) is 11.7. The van der Waals surface area contributed by atoms with Gasteiger partial charge in [0.25, 0.3) is 5.91 Å². The topological polar surface area (TPSA) is 100 Å². The van der Waals surface area contributed by atoms with Crippen molar-refractivity contribution in [1.29, 1.82) is 0 Å². The number of hydroxylamine groups is 1. The zero-order valence-electron chi connectivity index (χ0n) is 22.3. The molecule has 8 heteroatoms. The molecule has 0 saturated carbocycles. The molecule has 2 heterocycles. The molecular weight excluding hydrogens is 478 g/mol. The van der Waals surface area contributed by atoms with Crippen LogP contribution in [0, 0.1) is 20.8 Å². The fraction of sp³-hybridized carbons (Fsp3) is 0.333. The zero-order chi connectivity index (χ0) is 27.0. The number of nitrogens with zero attached hydrogens (tertiary/aromatic N) is 4. The Bertz CT molecular complexity index is 1540. The van der Waals surface area contributed by atoms with E-state index >= 15 is 0 Å². The number of hydrogen-bond acceptors (Lipinski definition) is 5. The van der Waals surface area contributed by atoms with Gasteiger partial charge in [-0.05, 0) is 91.3 Å². The summed E-state index contributed by atoms with van der Waals surface area (Å²) >= 11 is 0. The monoisotopic (exact) mass is 511 g/mol. The Balaban J connectivity index is 1.50. The number of aromatic nitrogens is 3. The van der Waals surface area contributed by atoms with Gasteiger partial charge in [-0.3, -0.25) is 14.8 Å². The van der Waals surface area contributed by atoms with Crippen LogP contribution in [0.2, 0.25) is 0 Å². The van der Waals surface area contributed by atoms with Crippen molar-refractivity contribution in [3.63, 3.8) is 0 Å². The van der Waals surface area contributed by atoms with Gasteiger partial charge in [0.2, 0.25) is 5.91 Å². The highest BCUT2D eigenvalue weighted by atomic mass is 16.5. The molecule has 0 radical (unpaired) electrons. The van der Waals surface area contributed by atoms with Crippen LogP contribution in [-0.4, -0.2) is 43.5 Å². The molecule has 2 N–H and O–H groups in total. The van der Waals surface area contributed by atoms with E-state index in [1.54, 1.807) is 5.48 Å². The molecule has 0 saturated heterocycles. The van der Waals surface area contributed by atoms with Gasteiger partial charge in [-0.25, -0.2) is 10.2 Å². The third-order valence-corrected chi connectivity index (χ3v) is 7.86. The van der Waals surface area contributed by atoms with Crippen LogP contribution in [0.4, 0.5) is 0 Å². The molecule has 2 amide bonds. The summed E-state index contributed by atoms with van der Waals surface area (Å²) in [6.45, 7) is 9.98. The van der Waals surface area contributed by atoms with Gasteiger partial charge in [0.15, 0.2) is 0 Å². The number of fused-ring (bicyclic) bond motifs is 2. The normalized spacial score (nSPS) is 13.9. The Morgan fingerprint density at radius 1 is 1.03 bits per heavy atom. The van der Waals surface area contributed by atoms with Gasteiger partial charge in [0, 0.05) is 37.5 Å². The molecule has 3 aromatic carbocycles. The van der Waals surface area contributed by atoms with Crippen LogP contribution in [0.15, 0.2) is 48.5 Å². The van der Waals surface area contributed by atoms with Gasteiger partial charge < -0.3 is 4.90 Å². The van der Waals surface area contributed by atoms with Crippen molar-refractivity contribution in [1.82, 2.24) is 25.4 Å². The average molecular weight is 512 g/mol.